The number of carbonyl (C=O) groups excluding carboxylic acids is 3. The van der Waals surface area contributed by atoms with Crippen molar-refractivity contribution < 1.29 is 14.4 Å². The van der Waals surface area contributed by atoms with Crippen molar-refractivity contribution in [1.29, 1.82) is 0 Å². The average Bonchev–Trinajstić information content (AvgIpc) is 3.22. The summed E-state index contributed by atoms with van der Waals surface area (Å²) in [6, 6.07) is 9.32. The monoisotopic (exact) mass is 394 g/mol. The van der Waals surface area contributed by atoms with Gasteiger partial charge in [0.25, 0.3) is 11.8 Å². The summed E-state index contributed by atoms with van der Waals surface area (Å²) < 4.78 is 1.79. The number of benzene rings is 1. The van der Waals surface area contributed by atoms with Gasteiger partial charge in [-0.05, 0) is 49.9 Å². The fourth-order valence-electron chi connectivity index (χ4n) is 4.24. The Morgan fingerprint density at radius 2 is 1.86 bits per heavy atom. The van der Waals surface area contributed by atoms with Crippen LogP contribution in [0.25, 0.3) is 0 Å². The lowest BCUT2D eigenvalue weighted by atomic mass is 9.87. The molecule has 1 N–H and O–H groups in total. The van der Waals surface area contributed by atoms with E-state index in [2.05, 4.69) is 5.32 Å². The topological polar surface area (TPSA) is 74.7 Å². The standard InChI is InChI=1S/C22H26N4O3/c1-15-6-7-16(2)17(13-15)14-26-20(28)22(23-21(26)29)8-11-25(12-9-22)19(27)18-5-4-10-24(18)3/h4-7,10,13H,8-9,11-12,14H2,1-3H3,(H,23,29). The van der Waals surface area contributed by atoms with Crippen molar-refractivity contribution in [2.24, 2.45) is 7.05 Å². The first-order valence-corrected chi connectivity index (χ1v) is 9.91. The highest BCUT2D eigenvalue weighted by atomic mass is 16.2. The number of nitrogens with zero attached hydrogens (tertiary/aromatic N) is 3. The summed E-state index contributed by atoms with van der Waals surface area (Å²) in [5.74, 6) is -0.231. The molecule has 7 nitrogen and oxygen atoms in total. The number of aromatic nitrogens is 1. The van der Waals surface area contributed by atoms with E-state index in [0.717, 1.165) is 16.7 Å². The molecular formula is C22H26N4O3. The van der Waals surface area contributed by atoms with Crippen molar-refractivity contribution in [3.8, 4) is 0 Å². The fourth-order valence-corrected chi connectivity index (χ4v) is 4.24. The predicted molar refractivity (Wildman–Crippen MR) is 108 cm³/mol. The van der Waals surface area contributed by atoms with Gasteiger partial charge in [-0.1, -0.05) is 23.8 Å². The first-order valence-electron chi connectivity index (χ1n) is 9.91. The third kappa shape index (κ3) is 3.30. The maximum absolute atomic E-state index is 13.2. The highest BCUT2D eigenvalue weighted by Crippen LogP contribution is 2.31. The Labute approximate surface area is 170 Å². The molecule has 2 fully saturated rings. The van der Waals surface area contributed by atoms with E-state index in [0.29, 0.717) is 31.6 Å². The molecule has 2 aromatic rings. The Kier molecular flexibility index (Phi) is 4.68. The molecule has 0 bridgehead atoms. The van der Waals surface area contributed by atoms with Gasteiger partial charge < -0.3 is 14.8 Å². The molecule has 0 unspecified atom stereocenters. The van der Waals surface area contributed by atoms with Gasteiger partial charge in [-0.15, -0.1) is 0 Å². The summed E-state index contributed by atoms with van der Waals surface area (Å²) in [5.41, 5.74) is 2.85. The molecule has 4 amide bonds. The maximum atomic E-state index is 13.2. The van der Waals surface area contributed by atoms with Crippen molar-refractivity contribution >= 4 is 17.8 Å². The number of imide groups is 1. The largest absolute Gasteiger partial charge is 0.347 e. The van der Waals surface area contributed by atoms with Gasteiger partial charge in [-0.3, -0.25) is 14.5 Å². The number of carbonyl (C=O) groups is 3. The molecule has 1 aromatic heterocycles. The normalized spacial score (nSPS) is 18.4. The predicted octanol–water partition coefficient (Wildman–Crippen LogP) is 2.37. The van der Waals surface area contributed by atoms with Crippen LogP contribution < -0.4 is 5.32 Å². The molecule has 2 aliphatic rings. The second-order valence-electron chi connectivity index (χ2n) is 8.13. The molecule has 152 valence electrons. The van der Waals surface area contributed by atoms with E-state index in [4.69, 9.17) is 0 Å². The van der Waals surface area contributed by atoms with E-state index in [1.54, 1.807) is 15.5 Å². The Morgan fingerprint density at radius 1 is 1.14 bits per heavy atom. The quantitative estimate of drug-likeness (QED) is 0.812. The SMILES string of the molecule is Cc1ccc(C)c(CN2C(=O)NC3(CCN(C(=O)c4cccn4C)CC3)C2=O)c1. The van der Waals surface area contributed by atoms with Gasteiger partial charge in [-0.25, -0.2) is 4.79 Å². The van der Waals surface area contributed by atoms with Crippen LogP contribution in [0.3, 0.4) is 0 Å². The van der Waals surface area contributed by atoms with E-state index >= 15 is 0 Å². The van der Waals surface area contributed by atoms with Crippen LogP contribution in [0.5, 0.6) is 0 Å². The number of amides is 4. The van der Waals surface area contributed by atoms with E-state index in [1.165, 1.54) is 4.90 Å². The summed E-state index contributed by atoms with van der Waals surface area (Å²) in [7, 11) is 1.84. The number of piperidine rings is 1. The number of aryl methyl sites for hydroxylation is 3. The van der Waals surface area contributed by atoms with Gasteiger partial charge in [-0.2, -0.15) is 0 Å². The summed E-state index contributed by atoms with van der Waals surface area (Å²) in [6.45, 7) is 5.12. The molecule has 2 saturated heterocycles. The number of nitrogens with one attached hydrogen (secondary N) is 1. The molecule has 7 heteroatoms. The smallest absolute Gasteiger partial charge is 0.325 e. The number of urea groups is 1. The second-order valence-corrected chi connectivity index (χ2v) is 8.13. The highest BCUT2D eigenvalue weighted by molar-refractivity contribution is 6.07. The first kappa shape index (κ1) is 19.2. The van der Waals surface area contributed by atoms with Crippen LogP contribution in [0.15, 0.2) is 36.5 Å². The van der Waals surface area contributed by atoms with Crippen LogP contribution in [-0.4, -0.2) is 50.8 Å². The number of hydrogen-bond donors (Lipinski definition) is 1. The zero-order valence-electron chi connectivity index (χ0n) is 17.1. The molecule has 2 aliphatic heterocycles. The van der Waals surface area contributed by atoms with Gasteiger partial charge >= 0.3 is 6.03 Å². The average molecular weight is 394 g/mol. The molecule has 0 atom stereocenters. The van der Waals surface area contributed by atoms with Gasteiger partial charge in [0.2, 0.25) is 0 Å². The Hall–Kier alpha value is -3.09. The third-order valence-corrected chi connectivity index (χ3v) is 6.15. The summed E-state index contributed by atoms with van der Waals surface area (Å²) in [6.07, 6.45) is 2.69. The molecular weight excluding hydrogens is 368 g/mol. The van der Waals surface area contributed by atoms with Crippen molar-refractivity contribution in [1.82, 2.24) is 19.7 Å². The molecule has 4 rings (SSSR count). The lowest BCUT2D eigenvalue weighted by Gasteiger charge is -2.37. The van der Waals surface area contributed by atoms with E-state index in [1.807, 2.05) is 51.4 Å². The van der Waals surface area contributed by atoms with Gasteiger partial charge in [0, 0.05) is 26.3 Å². The first-order chi connectivity index (χ1) is 13.8. The highest BCUT2D eigenvalue weighted by Gasteiger charge is 2.52. The summed E-state index contributed by atoms with van der Waals surface area (Å²) in [5, 5.41) is 2.92. The minimum absolute atomic E-state index is 0.0450. The third-order valence-electron chi connectivity index (χ3n) is 6.15. The summed E-state index contributed by atoms with van der Waals surface area (Å²) >= 11 is 0. The van der Waals surface area contributed by atoms with Gasteiger partial charge in [0.1, 0.15) is 11.2 Å². The lowest BCUT2D eigenvalue weighted by Crippen LogP contribution is -2.56. The number of likely N-dealkylation sites (tertiary alicyclic amines) is 1. The fraction of sp³-hybridized carbons (Fsp3) is 0.409. The molecule has 29 heavy (non-hydrogen) atoms. The van der Waals surface area contributed by atoms with Crippen molar-refractivity contribution in [3.63, 3.8) is 0 Å². The van der Waals surface area contributed by atoms with Crippen LogP contribution in [0.1, 0.15) is 40.0 Å². The molecule has 0 aliphatic carbocycles. The van der Waals surface area contributed by atoms with Crippen LogP contribution >= 0.6 is 0 Å². The zero-order valence-corrected chi connectivity index (χ0v) is 17.1. The molecule has 1 aromatic carbocycles. The van der Waals surface area contributed by atoms with Crippen LogP contribution in [0.2, 0.25) is 0 Å². The second kappa shape index (κ2) is 7.06. The van der Waals surface area contributed by atoms with Gasteiger partial charge in [0.05, 0.1) is 6.54 Å². The lowest BCUT2D eigenvalue weighted by molar-refractivity contribution is -0.133. The number of rotatable bonds is 3. The Morgan fingerprint density at radius 3 is 2.52 bits per heavy atom. The Balaban J connectivity index is 1.47. The minimum Gasteiger partial charge on any atom is -0.347 e. The van der Waals surface area contributed by atoms with Crippen LogP contribution in [0, 0.1) is 13.8 Å². The van der Waals surface area contributed by atoms with Crippen LogP contribution in [0.4, 0.5) is 4.79 Å². The maximum Gasteiger partial charge on any atom is 0.325 e. The van der Waals surface area contributed by atoms with Crippen molar-refractivity contribution in [2.45, 2.75) is 38.8 Å². The van der Waals surface area contributed by atoms with Crippen LogP contribution in [-0.2, 0) is 18.4 Å². The van der Waals surface area contributed by atoms with Crippen molar-refractivity contribution in [3.05, 3.63) is 58.9 Å². The van der Waals surface area contributed by atoms with E-state index in [-0.39, 0.29) is 24.4 Å². The minimum atomic E-state index is -0.903. The molecule has 3 heterocycles. The Bertz CT molecular complexity index is 986. The summed E-state index contributed by atoms with van der Waals surface area (Å²) in [4.78, 5) is 41.6. The van der Waals surface area contributed by atoms with E-state index in [9.17, 15) is 14.4 Å². The molecule has 0 radical (unpaired) electrons. The van der Waals surface area contributed by atoms with E-state index < -0.39 is 5.54 Å². The number of hydrogen-bond acceptors (Lipinski definition) is 3. The zero-order chi connectivity index (χ0) is 20.8. The van der Waals surface area contributed by atoms with Gasteiger partial charge in [0.15, 0.2) is 0 Å². The molecule has 0 saturated carbocycles. The molecule has 1 spiro atoms. The van der Waals surface area contributed by atoms with Crippen molar-refractivity contribution in [2.75, 3.05) is 13.1 Å².